The first-order chi connectivity index (χ1) is 13.8. The Morgan fingerprint density at radius 2 is 2.03 bits per heavy atom. The van der Waals surface area contributed by atoms with Gasteiger partial charge in [0.2, 0.25) is 0 Å². The molecule has 0 aromatic heterocycles. The van der Waals surface area contributed by atoms with Crippen LogP contribution in [0.5, 0.6) is 0 Å². The molecule has 1 saturated carbocycles. The first-order valence-corrected chi connectivity index (χ1v) is 11.8. The maximum absolute atomic E-state index is 9.17. The van der Waals surface area contributed by atoms with Crippen molar-refractivity contribution in [1.82, 2.24) is 0 Å². The number of hydrogen-bond acceptors (Lipinski definition) is 3. The van der Waals surface area contributed by atoms with Crippen LogP contribution in [0.4, 0.5) is 0 Å². The predicted molar refractivity (Wildman–Crippen MR) is 119 cm³/mol. The number of fused-ring (bicyclic) bond motifs is 1. The molecule has 3 heteroatoms. The van der Waals surface area contributed by atoms with E-state index in [1.165, 1.54) is 57.6 Å². The highest BCUT2D eigenvalue weighted by molar-refractivity contribution is 5.40. The third-order valence-corrected chi connectivity index (χ3v) is 7.01. The lowest BCUT2D eigenvalue weighted by molar-refractivity contribution is 0.0355. The summed E-state index contributed by atoms with van der Waals surface area (Å²) in [5.74, 6) is 4.09. The van der Waals surface area contributed by atoms with Gasteiger partial charge in [-0.3, -0.25) is 0 Å². The summed E-state index contributed by atoms with van der Waals surface area (Å²) in [6.45, 7) is 11.8. The van der Waals surface area contributed by atoms with Gasteiger partial charge in [0.05, 0.1) is 12.9 Å². The highest BCUT2D eigenvalue weighted by atomic mass is 16.5. The predicted octanol–water partition coefficient (Wildman–Crippen LogP) is 7.45. The number of ether oxygens (including phenoxy) is 2. The van der Waals surface area contributed by atoms with Crippen molar-refractivity contribution in [3.63, 3.8) is 0 Å². The lowest BCUT2D eigenvalue weighted by Crippen LogP contribution is -2.28. The van der Waals surface area contributed by atoms with Gasteiger partial charge in [-0.15, -0.1) is 0 Å². The summed E-state index contributed by atoms with van der Waals surface area (Å²) in [5, 5.41) is 9.17. The van der Waals surface area contributed by atoms with Crippen LogP contribution in [-0.4, -0.2) is 17.3 Å². The molecule has 1 heterocycles. The van der Waals surface area contributed by atoms with E-state index in [1.807, 2.05) is 6.08 Å². The molecular weight excluding hydrogens is 360 g/mol. The Morgan fingerprint density at radius 1 is 1.31 bits per heavy atom. The second-order valence-corrected chi connectivity index (χ2v) is 10.7. The molecule has 0 aromatic rings. The standard InChI is InChI=1S/C26H42O3/c1-6-7-9-20(12-13-27)10-8-11-21-14-23-24(28-18-21)15-22(29-25(3,4)5)17-26(23)16-19(26)2/h12-13,15,19-21,27H,6-11,14,16-18H2,1-5H3/b13-12+. The first-order valence-electron chi connectivity index (χ1n) is 11.8. The molecule has 2 aliphatic carbocycles. The maximum atomic E-state index is 9.17. The Bertz CT molecular complexity index is 651. The van der Waals surface area contributed by atoms with E-state index in [2.05, 4.69) is 40.7 Å². The lowest BCUT2D eigenvalue weighted by Gasteiger charge is -2.37. The van der Waals surface area contributed by atoms with Gasteiger partial charge in [-0.1, -0.05) is 33.1 Å². The van der Waals surface area contributed by atoms with Crippen LogP contribution in [0.2, 0.25) is 0 Å². The average molecular weight is 403 g/mol. The highest BCUT2D eigenvalue weighted by Gasteiger charge is 2.57. The van der Waals surface area contributed by atoms with Crippen LogP contribution in [-0.2, 0) is 9.47 Å². The van der Waals surface area contributed by atoms with E-state index in [-0.39, 0.29) is 5.60 Å². The summed E-state index contributed by atoms with van der Waals surface area (Å²) in [7, 11) is 0. The Balaban J connectivity index is 1.59. The van der Waals surface area contributed by atoms with Gasteiger partial charge in [0.25, 0.3) is 0 Å². The van der Waals surface area contributed by atoms with Crippen molar-refractivity contribution in [2.45, 2.75) is 98.0 Å². The van der Waals surface area contributed by atoms with E-state index in [1.54, 1.807) is 5.57 Å². The molecule has 1 N–H and O–H groups in total. The number of unbranched alkanes of at least 4 members (excludes halogenated alkanes) is 1. The Morgan fingerprint density at radius 3 is 2.66 bits per heavy atom. The second-order valence-electron chi connectivity index (χ2n) is 10.7. The van der Waals surface area contributed by atoms with Crippen LogP contribution in [0.3, 0.4) is 0 Å². The second kappa shape index (κ2) is 9.18. The average Bonchev–Trinajstić information content (AvgIpc) is 3.28. The SMILES string of the molecule is CCCCC(/C=C/O)CCCC1COC2=C(C1)C1(CC(OC(C)(C)C)=C2)CC1C. The van der Waals surface area contributed by atoms with Gasteiger partial charge in [0, 0.05) is 17.9 Å². The molecule has 4 atom stereocenters. The Kier molecular flexibility index (Phi) is 7.06. The van der Waals surface area contributed by atoms with Crippen LogP contribution >= 0.6 is 0 Å². The van der Waals surface area contributed by atoms with E-state index < -0.39 is 0 Å². The van der Waals surface area contributed by atoms with E-state index in [0.717, 1.165) is 30.5 Å². The zero-order valence-corrected chi connectivity index (χ0v) is 19.3. The molecule has 0 radical (unpaired) electrons. The van der Waals surface area contributed by atoms with E-state index in [0.29, 0.717) is 17.3 Å². The van der Waals surface area contributed by atoms with Gasteiger partial charge < -0.3 is 14.6 Å². The Hall–Kier alpha value is -1.38. The lowest BCUT2D eigenvalue weighted by atomic mass is 9.77. The zero-order chi connectivity index (χ0) is 21.1. The molecule has 3 rings (SSSR count). The number of rotatable bonds is 9. The summed E-state index contributed by atoms with van der Waals surface area (Å²) in [4.78, 5) is 0. The molecule has 3 nitrogen and oxygen atoms in total. The topological polar surface area (TPSA) is 38.7 Å². The molecule has 0 bridgehead atoms. The van der Waals surface area contributed by atoms with Crippen molar-refractivity contribution < 1.29 is 14.6 Å². The molecule has 3 aliphatic rings. The quantitative estimate of drug-likeness (QED) is 0.407. The van der Waals surface area contributed by atoms with Gasteiger partial charge in [-0.05, 0) is 82.3 Å². The molecule has 0 saturated heterocycles. The fourth-order valence-corrected chi connectivity index (χ4v) is 5.33. The first kappa shape index (κ1) is 22.3. The van der Waals surface area contributed by atoms with Crippen molar-refractivity contribution in [3.05, 3.63) is 35.5 Å². The largest absolute Gasteiger partial charge is 0.516 e. The molecule has 4 unspecified atom stereocenters. The third kappa shape index (κ3) is 5.61. The molecular formula is C26H42O3. The number of allylic oxidation sites excluding steroid dienone is 4. The number of aliphatic hydroxyl groups excluding tert-OH is 1. The van der Waals surface area contributed by atoms with Gasteiger partial charge in [-0.25, -0.2) is 0 Å². The fourth-order valence-electron chi connectivity index (χ4n) is 5.33. The van der Waals surface area contributed by atoms with Crippen molar-refractivity contribution in [1.29, 1.82) is 0 Å². The minimum atomic E-state index is -0.155. The normalized spacial score (nSPS) is 30.2. The molecule has 0 amide bonds. The summed E-state index contributed by atoms with van der Waals surface area (Å²) >= 11 is 0. The third-order valence-electron chi connectivity index (χ3n) is 7.01. The molecule has 0 aromatic carbocycles. The van der Waals surface area contributed by atoms with Crippen LogP contribution in [0.15, 0.2) is 35.5 Å². The van der Waals surface area contributed by atoms with Crippen LogP contribution in [0, 0.1) is 23.2 Å². The molecule has 1 spiro atoms. The minimum absolute atomic E-state index is 0.155. The minimum Gasteiger partial charge on any atom is -0.516 e. The van der Waals surface area contributed by atoms with Gasteiger partial charge in [0.15, 0.2) is 0 Å². The molecule has 164 valence electrons. The number of hydrogen-bond donors (Lipinski definition) is 1. The monoisotopic (exact) mass is 402 g/mol. The van der Waals surface area contributed by atoms with Gasteiger partial charge >= 0.3 is 0 Å². The van der Waals surface area contributed by atoms with E-state index >= 15 is 0 Å². The van der Waals surface area contributed by atoms with Crippen LogP contribution in [0.1, 0.15) is 92.4 Å². The van der Waals surface area contributed by atoms with Gasteiger partial charge in [-0.2, -0.15) is 0 Å². The Labute approximate surface area is 178 Å². The molecule has 1 fully saturated rings. The maximum Gasteiger partial charge on any atom is 0.122 e. The van der Waals surface area contributed by atoms with Crippen LogP contribution in [0.25, 0.3) is 0 Å². The van der Waals surface area contributed by atoms with Gasteiger partial charge in [0.1, 0.15) is 17.1 Å². The number of aliphatic hydroxyl groups is 1. The van der Waals surface area contributed by atoms with Crippen molar-refractivity contribution in [2.24, 2.45) is 23.2 Å². The summed E-state index contributed by atoms with van der Waals surface area (Å²) in [6, 6.07) is 0. The van der Waals surface area contributed by atoms with Crippen molar-refractivity contribution >= 4 is 0 Å². The summed E-state index contributed by atoms with van der Waals surface area (Å²) in [5.41, 5.74) is 1.71. The smallest absolute Gasteiger partial charge is 0.122 e. The van der Waals surface area contributed by atoms with Crippen molar-refractivity contribution in [3.8, 4) is 0 Å². The zero-order valence-electron chi connectivity index (χ0n) is 19.3. The molecule has 29 heavy (non-hydrogen) atoms. The van der Waals surface area contributed by atoms with Crippen molar-refractivity contribution in [2.75, 3.05) is 6.61 Å². The molecule has 1 aliphatic heterocycles. The van der Waals surface area contributed by atoms with E-state index in [4.69, 9.17) is 9.47 Å². The van der Waals surface area contributed by atoms with Crippen LogP contribution < -0.4 is 0 Å². The summed E-state index contributed by atoms with van der Waals surface area (Å²) in [6.07, 6.45) is 16.2. The fraction of sp³-hybridized carbons (Fsp3) is 0.769. The highest BCUT2D eigenvalue weighted by Crippen LogP contribution is 2.65. The summed E-state index contributed by atoms with van der Waals surface area (Å²) < 4.78 is 12.5. The van der Waals surface area contributed by atoms with E-state index in [9.17, 15) is 5.11 Å².